The van der Waals surface area contributed by atoms with Gasteiger partial charge >= 0.3 is 0 Å². The van der Waals surface area contributed by atoms with Gasteiger partial charge in [-0.2, -0.15) is 10.4 Å². The Morgan fingerprint density at radius 2 is 2.11 bits per heavy atom. The smallest absolute Gasteiger partial charge is 0.272 e. The Morgan fingerprint density at radius 1 is 1.32 bits per heavy atom. The van der Waals surface area contributed by atoms with Crippen molar-refractivity contribution < 1.29 is 9.59 Å². The molecule has 19 heavy (non-hydrogen) atoms. The number of carbonyl (C=O) groups is 2. The van der Waals surface area contributed by atoms with Crippen LogP contribution in [0.15, 0.2) is 24.5 Å². The first-order valence-electron chi connectivity index (χ1n) is 5.41. The summed E-state index contributed by atoms with van der Waals surface area (Å²) >= 11 is 0. The van der Waals surface area contributed by atoms with E-state index in [1.165, 1.54) is 23.1 Å². The van der Waals surface area contributed by atoms with Crippen LogP contribution in [0.1, 0.15) is 26.4 Å². The summed E-state index contributed by atoms with van der Waals surface area (Å²) in [5.41, 5.74) is 0.473. The van der Waals surface area contributed by atoms with Gasteiger partial charge in [-0.05, 0) is 12.1 Å². The molecule has 3 rings (SSSR count). The van der Waals surface area contributed by atoms with Gasteiger partial charge in [-0.25, -0.2) is 4.90 Å². The molecule has 2 aromatic heterocycles. The average molecular weight is 253 g/mol. The lowest BCUT2D eigenvalue weighted by molar-refractivity contribution is 0.0923. The third kappa shape index (κ3) is 1.43. The van der Waals surface area contributed by atoms with Gasteiger partial charge in [0, 0.05) is 19.4 Å². The molecule has 0 bridgehead atoms. The molecule has 0 saturated heterocycles. The SMILES string of the molecule is Cn1cc(C#N)c(N2C(=O)c3cccnc3C2=O)n1. The van der Waals surface area contributed by atoms with Crippen LogP contribution in [0.2, 0.25) is 0 Å². The fraction of sp³-hybridized carbons (Fsp3) is 0.0833. The van der Waals surface area contributed by atoms with Crippen molar-refractivity contribution in [1.82, 2.24) is 14.8 Å². The summed E-state index contributed by atoms with van der Waals surface area (Å²) in [4.78, 5) is 29.1. The monoisotopic (exact) mass is 253 g/mol. The second-order valence-electron chi connectivity index (χ2n) is 4.00. The molecule has 0 fully saturated rings. The Kier molecular flexibility index (Phi) is 2.19. The molecule has 0 N–H and O–H groups in total. The van der Waals surface area contributed by atoms with Crippen molar-refractivity contribution >= 4 is 17.6 Å². The number of aromatic nitrogens is 3. The van der Waals surface area contributed by atoms with E-state index >= 15 is 0 Å². The molecule has 0 spiro atoms. The molecule has 0 aromatic carbocycles. The van der Waals surface area contributed by atoms with Gasteiger partial charge in [0.2, 0.25) is 0 Å². The first-order chi connectivity index (χ1) is 9.13. The van der Waals surface area contributed by atoms with Crippen LogP contribution in [0.4, 0.5) is 5.82 Å². The summed E-state index contributed by atoms with van der Waals surface area (Å²) in [7, 11) is 1.61. The van der Waals surface area contributed by atoms with E-state index in [9.17, 15) is 9.59 Å². The van der Waals surface area contributed by atoms with Crippen molar-refractivity contribution in [3.8, 4) is 6.07 Å². The van der Waals surface area contributed by atoms with Gasteiger partial charge in [0.25, 0.3) is 11.8 Å². The standard InChI is InChI=1S/C12H7N5O2/c1-16-6-7(5-13)10(15-16)17-11(18)8-3-2-4-14-9(8)12(17)19/h2-4,6H,1H3. The van der Waals surface area contributed by atoms with Crippen LogP contribution in [-0.2, 0) is 7.05 Å². The summed E-state index contributed by atoms with van der Waals surface area (Å²) in [5, 5.41) is 13.0. The predicted molar refractivity (Wildman–Crippen MR) is 63.3 cm³/mol. The lowest BCUT2D eigenvalue weighted by Gasteiger charge is -2.09. The maximum Gasteiger partial charge on any atom is 0.286 e. The normalized spacial score (nSPS) is 13.6. The van der Waals surface area contributed by atoms with Crippen LogP contribution < -0.4 is 4.90 Å². The van der Waals surface area contributed by atoms with Crippen molar-refractivity contribution in [3.05, 3.63) is 41.3 Å². The third-order valence-electron chi connectivity index (χ3n) is 2.79. The molecule has 1 aliphatic heterocycles. The van der Waals surface area contributed by atoms with Gasteiger partial charge in [0.15, 0.2) is 5.82 Å². The highest BCUT2D eigenvalue weighted by atomic mass is 16.2. The van der Waals surface area contributed by atoms with Crippen molar-refractivity contribution in [2.75, 3.05) is 4.90 Å². The summed E-state index contributed by atoms with van der Waals surface area (Å²) < 4.78 is 1.38. The number of carbonyl (C=O) groups excluding carboxylic acids is 2. The number of nitriles is 1. The predicted octanol–water partition coefficient (Wildman–Crippen LogP) is 0.487. The highest BCUT2D eigenvalue weighted by Gasteiger charge is 2.40. The van der Waals surface area contributed by atoms with Gasteiger partial charge in [-0.3, -0.25) is 19.3 Å². The Labute approximate surface area is 107 Å². The fourth-order valence-corrected chi connectivity index (χ4v) is 1.98. The number of nitrogens with zero attached hydrogens (tertiary/aromatic N) is 5. The molecule has 2 amide bonds. The van der Waals surface area contributed by atoms with Crippen molar-refractivity contribution in [1.29, 1.82) is 5.26 Å². The minimum atomic E-state index is -0.559. The summed E-state index contributed by atoms with van der Waals surface area (Å²) in [5.74, 6) is -1.03. The third-order valence-corrected chi connectivity index (χ3v) is 2.79. The number of amides is 2. The molecule has 0 atom stereocenters. The Hall–Kier alpha value is -3.01. The van der Waals surface area contributed by atoms with E-state index in [0.29, 0.717) is 0 Å². The molecule has 7 heteroatoms. The number of pyridine rings is 1. The average Bonchev–Trinajstić information content (AvgIpc) is 2.90. The van der Waals surface area contributed by atoms with E-state index in [2.05, 4.69) is 10.1 Å². The van der Waals surface area contributed by atoms with Crippen molar-refractivity contribution in [3.63, 3.8) is 0 Å². The molecule has 3 heterocycles. The molecule has 2 aromatic rings. The quantitative estimate of drug-likeness (QED) is 0.689. The number of imide groups is 1. The van der Waals surface area contributed by atoms with Gasteiger partial charge in [-0.1, -0.05) is 0 Å². The molecule has 0 aliphatic carbocycles. The van der Waals surface area contributed by atoms with Crippen LogP contribution in [0.25, 0.3) is 0 Å². The minimum absolute atomic E-state index is 0.0398. The summed E-state index contributed by atoms with van der Waals surface area (Å²) in [6.07, 6.45) is 2.89. The van der Waals surface area contributed by atoms with Crippen molar-refractivity contribution in [2.45, 2.75) is 0 Å². The highest BCUT2D eigenvalue weighted by Crippen LogP contribution is 2.27. The Balaban J connectivity index is 2.17. The number of aryl methyl sites for hydroxylation is 1. The molecular weight excluding hydrogens is 246 g/mol. The second-order valence-corrected chi connectivity index (χ2v) is 4.00. The Bertz CT molecular complexity index is 721. The summed E-state index contributed by atoms with van der Waals surface area (Å²) in [6.45, 7) is 0. The van der Waals surface area contributed by atoms with E-state index in [0.717, 1.165) is 4.90 Å². The molecule has 1 aliphatic rings. The van der Waals surface area contributed by atoms with Crippen LogP contribution >= 0.6 is 0 Å². The molecule has 0 saturated carbocycles. The first kappa shape index (κ1) is 11.1. The van der Waals surface area contributed by atoms with Crippen molar-refractivity contribution in [2.24, 2.45) is 7.05 Å². The van der Waals surface area contributed by atoms with Gasteiger partial charge in [0.1, 0.15) is 17.3 Å². The molecular formula is C12H7N5O2. The molecule has 0 radical (unpaired) electrons. The number of hydrogen-bond donors (Lipinski definition) is 0. The zero-order valence-corrected chi connectivity index (χ0v) is 9.86. The molecule has 7 nitrogen and oxygen atoms in total. The van der Waals surface area contributed by atoms with Gasteiger partial charge in [0.05, 0.1) is 5.56 Å². The largest absolute Gasteiger partial charge is 0.286 e. The zero-order valence-electron chi connectivity index (χ0n) is 9.86. The summed E-state index contributed by atoms with van der Waals surface area (Å²) in [6, 6.07) is 5.02. The van der Waals surface area contributed by atoms with Crippen LogP contribution in [0, 0.1) is 11.3 Å². The van der Waals surface area contributed by atoms with Crippen LogP contribution in [-0.4, -0.2) is 26.6 Å². The highest BCUT2D eigenvalue weighted by molar-refractivity contribution is 6.33. The topological polar surface area (TPSA) is 91.9 Å². The van der Waals surface area contributed by atoms with E-state index in [1.807, 2.05) is 6.07 Å². The van der Waals surface area contributed by atoms with E-state index in [4.69, 9.17) is 5.26 Å². The number of rotatable bonds is 1. The first-order valence-corrected chi connectivity index (χ1v) is 5.41. The Morgan fingerprint density at radius 3 is 2.79 bits per heavy atom. The van der Waals surface area contributed by atoms with E-state index in [1.54, 1.807) is 13.1 Å². The molecule has 0 unspecified atom stereocenters. The lowest BCUT2D eigenvalue weighted by atomic mass is 10.2. The number of fused-ring (bicyclic) bond motifs is 1. The lowest BCUT2D eigenvalue weighted by Crippen LogP contribution is -2.30. The maximum absolute atomic E-state index is 12.2. The van der Waals surface area contributed by atoms with Crippen LogP contribution in [0.3, 0.4) is 0 Å². The maximum atomic E-state index is 12.2. The number of anilines is 1. The minimum Gasteiger partial charge on any atom is -0.272 e. The second kappa shape index (κ2) is 3.74. The zero-order chi connectivity index (χ0) is 13.6. The van der Waals surface area contributed by atoms with E-state index < -0.39 is 11.8 Å². The van der Waals surface area contributed by atoms with E-state index in [-0.39, 0.29) is 22.6 Å². The van der Waals surface area contributed by atoms with Gasteiger partial charge < -0.3 is 0 Å². The molecule has 92 valence electrons. The van der Waals surface area contributed by atoms with Gasteiger partial charge in [-0.15, -0.1) is 0 Å². The fourth-order valence-electron chi connectivity index (χ4n) is 1.98. The number of hydrogen-bond acceptors (Lipinski definition) is 5. The van der Waals surface area contributed by atoms with Crippen LogP contribution in [0.5, 0.6) is 0 Å².